The molecule has 0 spiro atoms. The Bertz CT molecular complexity index is 645. The van der Waals surface area contributed by atoms with Crippen molar-refractivity contribution in [2.45, 2.75) is 17.4 Å². The van der Waals surface area contributed by atoms with Crippen LogP contribution in [-0.4, -0.2) is 39.7 Å². The van der Waals surface area contributed by atoms with Gasteiger partial charge in [0.15, 0.2) is 0 Å². The fourth-order valence-corrected chi connectivity index (χ4v) is 4.17. The van der Waals surface area contributed by atoms with Gasteiger partial charge in [-0.2, -0.15) is 0 Å². The van der Waals surface area contributed by atoms with E-state index in [1.165, 1.54) is 11.1 Å². The summed E-state index contributed by atoms with van der Waals surface area (Å²) < 4.78 is 12.3. The average molecular weight is 315 g/mol. The summed E-state index contributed by atoms with van der Waals surface area (Å²) in [4.78, 5) is 3.13. The van der Waals surface area contributed by atoms with E-state index in [1.807, 2.05) is 42.5 Å². The molecule has 3 nitrogen and oxygen atoms in total. The second-order valence-corrected chi connectivity index (χ2v) is 7.12. The van der Waals surface area contributed by atoms with Gasteiger partial charge in [0.05, 0.1) is 23.4 Å². The Balaban J connectivity index is 1.67. The minimum atomic E-state index is -0.983. The standard InChI is InChI=1S/C18H21NO2S/c20-14-18-17-9-5-4-6-15(17)10-11-19(18)12-13-22(21)16-7-2-1-3-8-16/h1-9,18,20H,10-14H2. The van der Waals surface area contributed by atoms with E-state index in [9.17, 15) is 9.32 Å². The van der Waals surface area contributed by atoms with Crippen molar-refractivity contribution in [1.82, 2.24) is 4.90 Å². The molecule has 1 N–H and O–H groups in total. The van der Waals surface area contributed by atoms with E-state index < -0.39 is 10.8 Å². The van der Waals surface area contributed by atoms with Gasteiger partial charge in [0, 0.05) is 23.7 Å². The van der Waals surface area contributed by atoms with Gasteiger partial charge in [-0.25, -0.2) is 0 Å². The van der Waals surface area contributed by atoms with Crippen LogP contribution in [0.1, 0.15) is 17.2 Å². The Morgan fingerprint density at radius 1 is 1.09 bits per heavy atom. The highest BCUT2D eigenvalue weighted by atomic mass is 32.2. The van der Waals surface area contributed by atoms with Crippen LogP contribution in [0.25, 0.3) is 0 Å². The van der Waals surface area contributed by atoms with Gasteiger partial charge in [0.25, 0.3) is 0 Å². The lowest BCUT2D eigenvalue weighted by Gasteiger charge is -2.36. The van der Waals surface area contributed by atoms with Crippen molar-refractivity contribution in [2.24, 2.45) is 0 Å². The van der Waals surface area contributed by atoms with Gasteiger partial charge >= 0.3 is 0 Å². The number of benzene rings is 2. The number of nitrogens with zero attached hydrogens (tertiary/aromatic N) is 1. The summed E-state index contributed by atoms with van der Waals surface area (Å²) in [6.45, 7) is 1.75. The number of rotatable bonds is 5. The summed E-state index contributed by atoms with van der Waals surface area (Å²) >= 11 is 0. The summed E-state index contributed by atoms with van der Waals surface area (Å²) in [6.07, 6.45) is 0.991. The normalized spacial score (nSPS) is 19.6. The van der Waals surface area contributed by atoms with Gasteiger partial charge in [0.2, 0.25) is 0 Å². The molecule has 0 bridgehead atoms. The molecule has 2 aromatic carbocycles. The molecule has 0 radical (unpaired) electrons. The lowest BCUT2D eigenvalue weighted by molar-refractivity contribution is 0.121. The fourth-order valence-electron chi connectivity index (χ4n) is 3.08. The molecule has 4 heteroatoms. The first-order valence-corrected chi connectivity index (χ1v) is 8.97. The Morgan fingerprint density at radius 2 is 1.82 bits per heavy atom. The maximum absolute atomic E-state index is 12.3. The third kappa shape index (κ3) is 3.29. The average Bonchev–Trinajstić information content (AvgIpc) is 2.59. The summed E-state index contributed by atoms with van der Waals surface area (Å²) in [7, 11) is -0.983. The van der Waals surface area contributed by atoms with Crippen LogP contribution < -0.4 is 0 Å². The summed E-state index contributed by atoms with van der Waals surface area (Å²) in [5, 5.41) is 9.77. The minimum absolute atomic E-state index is 0.0257. The van der Waals surface area contributed by atoms with Crippen molar-refractivity contribution in [3.8, 4) is 0 Å². The molecular formula is C18H21NO2S. The maximum Gasteiger partial charge on any atom is 0.0628 e. The Labute approximate surface area is 134 Å². The maximum atomic E-state index is 12.3. The zero-order valence-corrected chi connectivity index (χ0v) is 13.3. The van der Waals surface area contributed by atoms with Gasteiger partial charge < -0.3 is 5.11 Å². The third-order valence-electron chi connectivity index (χ3n) is 4.27. The Hall–Kier alpha value is -1.49. The van der Waals surface area contributed by atoms with Crippen LogP contribution in [0.15, 0.2) is 59.5 Å². The van der Waals surface area contributed by atoms with E-state index in [0.717, 1.165) is 24.4 Å². The van der Waals surface area contributed by atoms with Gasteiger partial charge in [-0.1, -0.05) is 42.5 Å². The first kappa shape index (κ1) is 15.4. The molecule has 1 aliphatic heterocycles. The summed E-state index contributed by atoms with van der Waals surface area (Å²) in [6, 6.07) is 17.9. The lowest BCUT2D eigenvalue weighted by Crippen LogP contribution is -2.39. The minimum Gasteiger partial charge on any atom is -0.394 e. The Kier molecular flexibility index (Phi) is 5.03. The van der Waals surface area contributed by atoms with Crippen LogP contribution in [0.4, 0.5) is 0 Å². The number of hydrogen-bond acceptors (Lipinski definition) is 3. The SMILES string of the molecule is O=S(CCN1CCc2ccccc2C1CO)c1ccccc1. The number of aliphatic hydroxyl groups excluding tert-OH is 1. The molecule has 1 aliphatic rings. The highest BCUT2D eigenvalue weighted by Gasteiger charge is 2.26. The van der Waals surface area contributed by atoms with E-state index in [1.54, 1.807) is 0 Å². The van der Waals surface area contributed by atoms with Gasteiger partial charge in [-0.3, -0.25) is 9.11 Å². The number of aliphatic hydroxyl groups is 1. The topological polar surface area (TPSA) is 40.5 Å². The van der Waals surface area contributed by atoms with E-state index in [-0.39, 0.29) is 12.6 Å². The lowest BCUT2D eigenvalue weighted by atomic mass is 9.93. The molecule has 0 aromatic heterocycles. The largest absolute Gasteiger partial charge is 0.394 e. The summed E-state index contributed by atoms with van der Waals surface area (Å²) in [5.41, 5.74) is 2.53. The first-order chi connectivity index (χ1) is 10.8. The van der Waals surface area contributed by atoms with Crippen molar-refractivity contribution in [2.75, 3.05) is 25.4 Å². The zero-order valence-electron chi connectivity index (χ0n) is 12.5. The molecule has 2 atom stereocenters. The smallest absolute Gasteiger partial charge is 0.0628 e. The van der Waals surface area contributed by atoms with Crippen molar-refractivity contribution in [3.63, 3.8) is 0 Å². The number of fused-ring (bicyclic) bond motifs is 1. The third-order valence-corrected chi connectivity index (χ3v) is 5.62. The molecule has 0 fully saturated rings. The molecule has 1 heterocycles. The van der Waals surface area contributed by atoms with Crippen LogP contribution in [0.5, 0.6) is 0 Å². The molecule has 0 amide bonds. The fraction of sp³-hybridized carbons (Fsp3) is 0.333. The van der Waals surface area contributed by atoms with Crippen LogP contribution in [0.3, 0.4) is 0 Å². The van der Waals surface area contributed by atoms with E-state index in [4.69, 9.17) is 0 Å². The monoisotopic (exact) mass is 315 g/mol. The van der Waals surface area contributed by atoms with E-state index in [0.29, 0.717) is 5.75 Å². The molecule has 22 heavy (non-hydrogen) atoms. The quantitative estimate of drug-likeness (QED) is 0.921. The molecule has 0 saturated heterocycles. The van der Waals surface area contributed by atoms with Crippen molar-refractivity contribution in [1.29, 1.82) is 0 Å². The zero-order chi connectivity index (χ0) is 15.4. The molecule has 3 rings (SSSR count). The van der Waals surface area contributed by atoms with E-state index in [2.05, 4.69) is 17.0 Å². The van der Waals surface area contributed by atoms with Gasteiger partial charge in [-0.15, -0.1) is 0 Å². The van der Waals surface area contributed by atoms with Gasteiger partial charge in [0.1, 0.15) is 0 Å². The van der Waals surface area contributed by atoms with Crippen LogP contribution in [0, 0.1) is 0 Å². The predicted octanol–water partition coefficient (Wildman–Crippen LogP) is 2.39. The van der Waals surface area contributed by atoms with E-state index >= 15 is 0 Å². The molecular weight excluding hydrogens is 294 g/mol. The van der Waals surface area contributed by atoms with Crippen molar-refractivity contribution < 1.29 is 9.32 Å². The van der Waals surface area contributed by atoms with Crippen molar-refractivity contribution in [3.05, 3.63) is 65.7 Å². The van der Waals surface area contributed by atoms with Gasteiger partial charge in [-0.05, 0) is 29.7 Å². The summed E-state index contributed by atoms with van der Waals surface area (Å²) in [5.74, 6) is 0.600. The molecule has 2 aromatic rings. The molecule has 0 aliphatic carbocycles. The molecule has 2 unspecified atom stereocenters. The van der Waals surface area contributed by atoms with Crippen LogP contribution >= 0.6 is 0 Å². The van der Waals surface area contributed by atoms with Crippen LogP contribution in [0.2, 0.25) is 0 Å². The highest BCUT2D eigenvalue weighted by Crippen LogP contribution is 2.29. The highest BCUT2D eigenvalue weighted by molar-refractivity contribution is 7.85. The predicted molar refractivity (Wildman–Crippen MR) is 89.3 cm³/mol. The molecule has 0 saturated carbocycles. The second kappa shape index (κ2) is 7.18. The first-order valence-electron chi connectivity index (χ1n) is 7.65. The second-order valence-electron chi connectivity index (χ2n) is 5.55. The number of hydrogen-bond donors (Lipinski definition) is 1. The molecule has 116 valence electrons. The van der Waals surface area contributed by atoms with Crippen LogP contribution in [-0.2, 0) is 17.2 Å². The van der Waals surface area contributed by atoms with Crippen molar-refractivity contribution >= 4 is 10.8 Å². The Morgan fingerprint density at radius 3 is 2.59 bits per heavy atom.